The van der Waals surface area contributed by atoms with E-state index in [-0.39, 0.29) is 17.4 Å². The maximum atomic E-state index is 13.6. The second-order valence-corrected chi connectivity index (χ2v) is 10.9. The average molecular weight is 545 g/mol. The van der Waals surface area contributed by atoms with Crippen molar-refractivity contribution in [3.05, 3.63) is 82.3 Å². The molecule has 0 aliphatic heterocycles. The van der Waals surface area contributed by atoms with Crippen molar-refractivity contribution in [1.29, 1.82) is 0 Å². The van der Waals surface area contributed by atoms with Crippen LogP contribution in [0.1, 0.15) is 37.8 Å². The third-order valence-corrected chi connectivity index (χ3v) is 7.63. The molecule has 6 nitrogen and oxygen atoms in total. The summed E-state index contributed by atoms with van der Waals surface area (Å²) in [5, 5.41) is 2.95. The molecule has 3 aromatic carbocycles. The number of halogens is 1. The Labute approximate surface area is 210 Å². The Morgan fingerprint density at radius 1 is 1.03 bits per heavy atom. The molecule has 0 fully saturated rings. The van der Waals surface area contributed by atoms with Crippen molar-refractivity contribution in [1.82, 2.24) is 0 Å². The third-order valence-electron chi connectivity index (χ3n) is 5.32. The molecule has 0 aliphatic carbocycles. The lowest BCUT2D eigenvalue weighted by Gasteiger charge is -2.25. The zero-order valence-electron chi connectivity index (χ0n) is 19.7. The van der Waals surface area contributed by atoms with Gasteiger partial charge in [-0.2, -0.15) is 0 Å². The molecule has 1 amide bonds. The van der Waals surface area contributed by atoms with E-state index in [2.05, 4.69) is 35.1 Å². The van der Waals surface area contributed by atoms with E-state index in [1.807, 2.05) is 32.0 Å². The Morgan fingerprint density at radius 3 is 2.26 bits per heavy atom. The van der Waals surface area contributed by atoms with Crippen LogP contribution in [0.25, 0.3) is 0 Å². The second-order valence-electron chi connectivity index (χ2n) is 8.13. The highest BCUT2D eigenvalue weighted by Gasteiger charge is 2.28. The van der Waals surface area contributed by atoms with Gasteiger partial charge in [-0.1, -0.05) is 48.0 Å². The van der Waals surface area contributed by atoms with Crippen molar-refractivity contribution >= 4 is 43.2 Å². The Balaban J connectivity index is 1.97. The van der Waals surface area contributed by atoms with Gasteiger partial charge in [0.2, 0.25) is 5.91 Å². The van der Waals surface area contributed by atoms with Gasteiger partial charge >= 0.3 is 0 Å². The molecule has 1 N–H and O–H groups in total. The van der Waals surface area contributed by atoms with E-state index >= 15 is 0 Å². The zero-order valence-corrected chi connectivity index (χ0v) is 22.1. The summed E-state index contributed by atoms with van der Waals surface area (Å²) in [6.45, 7) is 8.02. The normalized spacial score (nSPS) is 11.4. The minimum Gasteiger partial charge on any atom is -0.494 e. The minimum atomic E-state index is -4.01. The summed E-state index contributed by atoms with van der Waals surface area (Å²) in [6, 6.07) is 18.8. The van der Waals surface area contributed by atoms with E-state index in [0.717, 1.165) is 25.6 Å². The molecule has 0 heterocycles. The molecule has 0 unspecified atom stereocenters. The summed E-state index contributed by atoms with van der Waals surface area (Å²) in [7, 11) is -4.01. The molecule has 0 bridgehead atoms. The van der Waals surface area contributed by atoms with E-state index in [1.54, 1.807) is 36.4 Å². The largest absolute Gasteiger partial charge is 0.494 e. The summed E-state index contributed by atoms with van der Waals surface area (Å²) in [6.07, 6.45) is 0. The van der Waals surface area contributed by atoms with Crippen LogP contribution in [0.4, 0.5) is 11.4 Å². The number of rotatable bonds is 9. The van der Waals surface area contributed by atoms with Crippen LogP contribution in [0.3, 0.4) is 0 Å². The molecule has 8 heteroatoms. The number of benzene rings is 3. The van der Waals surface area contributed by atoms with Crippen LogP contribution in [-0.4, -0.2) is 27.5 Å². The molecular weight excluding hydrogens is 516 g/mol. The lowest BCUT2D eigenvalue weighted by Crippen LogP contribution is -2.38. The number of hydrogen-bond donors (Lipinski definition) is 1. The number of hydrogen-bond acceptors (Lipinski definition) is 4. The molecular formula is C26H29BrN2O4S. The van der Waals surface area contributed by atoms with Gasteiger partial charge in [0, 0.05) is 10.2 Å². The van der Waals surface area contributed by atoms with Gasteiger partial charge in [-0.05, 0) is 79.4 Å². The lowest BCUT2D eigenvalue weighted by atomic mass is 9.98. The number of sulfonamides is 1. The van der Waals surface area contributed by atoms with Crippen LogP contribution >= 0.6 is 15.9 Å². The summed E-state index contributed by atoms with van der Waals surface area (Å²) in [4.78, 5) is 13.3. The van der Waals surface area contributed by atoms with E-state index in [9.17, 15) is 13.2 Å². The smallest absolute Gasteiger partial charge is 0.264 e. The SMILES string of the molecule is CCOc1ccc(N(CC(=O)Nc2c(C)cccc2C(C)C)S(=O)(=O)c2ccc(Br)cc2)cc1. The molecule has 180 valence electrons. The van der Waals surface area contributed by atoms with Gasteiger partial charge in [0.25, 0.3) is 10.0 Å². The van der Waals surface area contributed by atoms with Gasteiger partial charge in [0.15, 0.2) is 0 Å². The van der Waals surface area contributed by atoms with Crippen LogP contribution in [-0.2, 0) is 14.8 Å². The van der Waals surface area contributed by atoms with Crippen LogP contribution in [0, 0.1) is 6.92 Å². The number of aryl methyl sites for hydroxylation is 1. The van der Waals surface area contributed by atoms with Crippen molar-refractivity contribution in [2.75, 3.05) is 22.8 Å². The molecule has 0 saturated carbocycles. The number of para-hydroxylation sites is 1. The molecule has 3 aromatic rings. The Hall–Kier alpha value is -2.84. The fourth-order valence-electron chi connectivity index (χ4n) is 3.58. The van der Waals surface area contributed by atoms with Crippen LogP contribution in [0.2, 0.25) is 0 Å². The molecule has 0 radical (unpaired) electrons. The average Bonchev–Trinajstić information content (AvgIpc) is 2.80. The highest BCUT2D eigenvalue weighted by atomic mass is 79.9. The predicted octanol–water partition coefficient (Wildman–Crippen LogP) is 6.11. The highest BCUT2D eigenvalue weighted by molar-refractivity contribution is 9.10. The summed E-state index contributed by atoms with van der Waals surface area (Å²) < 4.78 is 34.5. The fraction of sp³-hybridized carbons (Fsp3) is 0.269. The summed E-state index contributed by atoms with van der Waals surface area (Å²) in [5.41, 5.74) is 3.00. The van der Waals surface area contributed by atoms with Crippen molar-refractivity contribution < 1.29 is 17.9 Å². The lowest BCUT2D eigenvalue weighted by molar-refractivity contribution is -0.114. The van der Waals surface area contributed by atoms with Crippen LogP contribution in [0.15, 0.2) is 76.1 Å². The molecule has 0 aliphatic rings. The van der Waals surface area contributed by atoms with E-state index in [0.29, 0.717) is 18.0 Å². The first-order chi connectivity index (χ1) is 16.1. The zero-order chi connectivity index (χ0) is 24.9. The quantitative estimate of drug-likeness (QED) is 0.352. The molecule has 0 spiro atoms. The number of amides is 1. The van der Waals surface area contributed by atoms with Crippen LogP contribution in [0.5, 0.6) is 5.75 Å². The van der Waals surface area contributed by atoms with E-state index in [1.165, 1.54) is 12.1 Å². The van der Waals surface area contributed by atoms with Crippen molar-refractivity contribution in [3.8, 4) is 5.75 Å². The van der Waals surface area contributed by atoms with E-state index in [4.69, 9.17) is 4.74 Å². The van der Waals surface area contributed by atoms with Gasteiger partial charge in [-0.25, -0.2) is 8.42 Å². The number of anilines is 2. The monoisotopic (exact) mass is 544 g/mol. The first kappa shape index (κ1) is 25.8. The minimum absolute atomic E-state index is 0.0937. The molecule has 0 atom stereocenters. The summed E-state index contributed by atoms with van der Waals surface area (Å²) in [5.74, 6) is 0.396. The van der Waals surface area contributed by atoms with Gasteiger partial charge < -0.3 is 10.1 Å². The molecule has 0 aromatic heterocycles. The number of nitrogens with one attached hydrogen (secondary N) is 1. The number of carbonyl (C=O) groups excluding carboxylic acids is 1. The van der Waals surface area contributed by atoms with Gasteiger partial charge in [-0.3, -0.25) is 9.10 Å². The third kappa shape index (κ3) is 5.98. The van der Waals surface area contributed by atoms with Crippen molar-refractivity contribution in [2.24, 2.45) is 0 Å². The molecule has 0 saturated heterocycles. The molecule has 34 heavy (non-hydrogen) atoms. The first-order valence-electron chi connectivity index (χ1n) is 11.0. The van der Waals surface area contributed by atoms with Gasteiger partial charge in [-0.15, -0.1) is 0 Å². The van der Waals surface area contributed by atoms with Gasteiger partial charge in [0.1, 0.15) is 12.3 Å². The van der Waals surface area contributed by atoms with Crippen molar-refractivity contribution in [2.45, 2.75) is 38.5 Å². The Kier molecular flexibility index (Phi) is 8.38. The Morgan fingerprint density at radius 2 is 1.68 bits per heavy atom. The fourth-order valence-corrected chi connectivity index (χ4v) is 5.26. The van der Waals surface area contributed by atoms with E-state index < -0.39 is 15.9 Å². The number of carbonyl (C=O) groups is 1. The Bertz CT molecular complexity index is 1240. The number of nitrogens with zero attached hydrogens (tertiary/aromatic N) is 1. The van der Waals surface area contributed by atoms with Crippen LogP contribution < -0.4 is 14.4 Å². The predicted molar refractivity (Wildman–Crippen MR) is 140 cm³/mol. The maximum Gasteiger partial charge on any atom is 0.264 e. The van der Waals surface area contributed by atoms with Crippen molar-refractivity contribution in [3.63, 3.8) is 0 Å². The number of ether oxygens (including phenoxy) is 1. The molecule has 3 rings (SSSR count). The standard InChI is InChI=1S/C26H29BrN2O4S/c1-5-33-22-13-11-21(12-14-22)29(34(31,32)23-15-9-20(27)10-16-23)17-25(30)28-26-19(4)7-6-8-24(26)18(2)3/h6-16,18H,5,17H2,1-4H3,(H,28,30). The first-order valence-corrected chi connectivity index (χ1v) is 13.3. The van der Waals surface area contributed by atoms with Gasteiger partial charge in [0.05, 0.1) is 17.2 Å². The summed E-state index contributed by atoms with van der Waals surface area (Å²) >= 11 is 3.33. The topological polar surface area (TPSA) is 75.7 Å². The maximum absolute atomic E-state index is 13.6. The highest BCUT2D eigenvalue weighted by Crippen LogP contribution is 2.29. The second kappa shape index (κ2) is 11.1.